The van der Waals surface area contributed by atoms with Crippen LogP contribution in [0.2, 0.25) is 0 Å². The molecule has 0 atom stereocenters. The molecule has 0 bridgehead atoms. The van der Waals surface area contributed by atoms with Gasteiger partial charge >= 0.3 is 0 Å². The minimum absolute atomic E-state index is 0.0393. The number of nitrogens with zero attached hydrogens (tertiary/aromatic N) is 4. The number of thiazole rings is 1. The number of nitro groups is 1. The Labute approximate surface area is 189 Å². The monoisotopic (exact) mass is 474 g/mol. The van der Waals surface area contributed by atoms with Crippen molar-refractivity contribution >= 4 is 48.1 Å². The molecular weight excluding hydrogens is 452 g/mol. The molecule has 168 valence electrons. The molecule has 1 saturated heterocycles. The van der Waals surface area contributed by atoms with Crippen LogP contribution in [0.3, 0.4) is 0 Å². The number of nitro benzene ring substituents is 1. The van der Waals surface area contributed by atoms with Gasteiger partial charge in [-0.25, -0.2) is 13.4 Å². The molecule has 1 amide bonds. The van der Waals surface area contributed by atoms with Crippen LogP contribution >= 0.6 is 11.3 Å². The third-order valence-corrected chi connectivity index (χ3v) is 8.28. The predicted molar refractivity (Wildman–Crippen MR) is 123 cm³/mol. The summed E-state index contributed by atoms with van der Waals surface area (Å²) in [6.45, 7) is 2.27. The molecule has 1 aliphatic heterocycles. The van der Waals surface area contributed by atoms with Crippen LogP contribution in [-0.2, 0) is 14.6 Å². The van der Waals surface area contributed by atoms with Crippen LogP contribution in [0.4, 0.5) is 10.8 Å². The van der Waals surface area contributed by atoms with E-state index >= 15 is 0 Å². The van der Waals surface area contributed by atoms with Crippen LogP contribution in [0.25, 0.3) is 10.2 Å². The number of rotatable bonds is 7. The number of carbonyl (C=O) groups excluding carboxylic acids is 1. The topological polar surface area (TPSA) is 114 Å². The lowest BCUT2D eigenvalue weighted by molar-refractivity contribution is -0.384. The van der Waals surface area contributed by atoms with Crippen LogP contribution in [0.1, 0.15) is 12.8 Å². The Morgan fingerprint density at radius 3 is 2.50 bits per heavy atom. The summed E-state index contributed by atoms with van der Waals surface area (Å²) in [5, 5.41) is 11.7. The van der Waals surface area contributed by atoms with E-state index < -0.39 is 14.8 Å². The Morgan fingerprint density at radius 2 is 1.81 bits per heavy atom. The Morgan fingerprint density at radius 1 is 1.09 bits per heavy atom. The number of aromatic nitrogens is 1. The number of hydrogen-bond acceptors (Lipinski definition) is 8. The number of carbonyl (C=O) groups is 1. The van der Waals surface area contributed by atoms with Crippen molar-refractivity contribution in [2.24, 2.45) is 0 Å². The average Bonchev–Trinajstić information content (AvgIpc) is 3.23. The first-order valence-electron chi connectivity index (χ1n) is 10.2. The van der Waals surface area contributed by atoms with Crippen molar-refractivity contribution in [3.63, 3.8) is 0 Å². The van der Waals surface area contributed by atoms with Crippen LogP contribution < -0.4 is 4.90 Å². The summed E-state index contributed by atoms with van der Waals surface area (Å²) in [7, 11) is -3.38. The molecule has 2 aromatic carbocycles. The zero-order chi connectivity index (χ0) is 22.7. The molecule has 0 radical (unpaired) electrons. The van der Waals surface area contributed by atoms with E-state index in [1.807, 2.05) is 0 Å². The van der Waals surface area contributed by atoms with Gasteiger partial charge in [-0.15, -0.1) is 0 Å². The van der Waals surface area contributed by atoms with Gasteiger partial charge in [-0.1, -0.05) is 29.5 Å². The first kappa shape index (κ1) is 22.2. The minimum atomic E-state index is -3.38. The highest BCUT2D eigenvalue weighted by Gasteiger charge is 2.24. The summed E-state index contributed by atoms with van der Waals surface area (Å²) in [6, 6.07) is 12.9. The van der Waals surface area contributed by atoms with Gasteiger partial charge in [-0.2, -0.15) is 0 Å². The highest BCUT2D eigenvalue weighted by Crippen LogP contribution is 2.31. The smallest absolute Gasteiger partial charge is 0.270 e. The fourth-order valence-electron chi connectivity index (χ4n) is 3.61. The van der Waals surface area contributed by atoms with Gasteiger partial charge in [0.2, 0.25) is 5.91 Å². The molecule has 3 aromatic rings. The molecule has 11 heteroatoms. The molecule has 1 fully saturated rings. The zero-order valence-corrected chi connectivity index (χ0v) is 18.8. The number of anilines is 1. The van der Waals surface area contributed by atoms with E-state index in [1.165, 1.54) is 23.5 Å². The third-order valence-electron chi connectivity index (χ3n) is 5.38. The molecule has 0 N–H and O–H groups in total. The van der Waals surface area contributed by atoms with E-state index in [9.17, 15) is 23.3 Å². The maximum atomic E-state index is 12.5. The van der Waals surface area contributed by atoms with E-state index in [0.29, 0.717) is 31.7 Å². The van der Waals surface area contributed by atoms with Gasteiger partial charge in [0.05, 0.1) is 25.8 Å². The predicted octanol–water partition coefficient (Wildman–Crippen LogP) is 3.11. The molecule has 0 aliphatic carbocycles. The standard InChI is InChI=1S/C21H22N4O5S2/c26-20(7-4-14-32(29,30)17-5-2-1-3-6-17)23-10-12-24(13-11-23)21-22-18-9-8-16(25(27)28)15-19(18)31-21/h1-3,5-6,8-9,15H,4,7,10-14H2. The van der Waals surface area contributed by atoms with Crippen molar-refractivity contribution in [1.82, 2.24) is 9.88 Å². The number of hydrogen-bond donors (Lipinski definition) is 0. The lowest BCUT2D eigenvalue weighted by atomic mass is 10.2. The summed E-state index contributed by atoms with van der Waals surface area (Å²) in [4.78, 5) is 31.7. The summed E-state index contributed by atoms with van der Waals surface area (Å²) < 4.78 is 25.5. The normalized spacial score (nSPS) is 14.6. The third kappa shape index (κ3) is 4.89. The number of fused-ring (bicyclic) bond motifs is 1. The summed E-state index contributed by atoms with van der Waals surface area (Å²) >= 11 is 1.40. The van der Waals surface area contributed by atoms with Crippen molar-refractivity contribution in [2.45, 2.75) is 17.7 Å². The van der Waals surface area contributed by atoms with Gasteiger partial charge in [0, 0.05) is 44.7 Å². The van der Waals surface area contributed by atoms with Crippen LogP contribution in [0, 0.1) is 10.1 Å². The van der Waals surface area contributed by atoms with Gasteiger partial charge in [-0.3, -0.25) is 14.9 Å². The van der Waals surface area contributed by atoms with Crippen molar-refractivity contribution in [2.75, 3.05) is 36.8 Å². The van der Waals surface area contributed by atoms with E-state index in [4.69, 9.17) is 0 Å². The molecule has 32 heavy (non-hydrogen) atoms. The highest BCUT2D eigenvalue weighted by molar-refractivity contribution is 7.91. The van der Waals surface area contributed by atoms with Crippen molar-refractivity contribution in [3.8, 4) is 0 Å². The summed E-state index contributed by atoms with van der Waals surface area (Å²) in [5.41, 5.74) is 0.756. The van der Waals surface area contributed by atoms with Gasteiger partial charge in [0.1, 0.15) is 0 Å². The second kappa shape index (κ2) is 9.21. The maximum Gasteiger partial charge on any atom is 0.270 e. The fourth-order valence-corrected chi connectivity index (χ4v) is 6.00. The summed E-state index contributed by atoms with van der Waals surface area (Å²) in [6.07, 6.45) is 0.476. The Bertz CT molecular complexity index is 1240. The first-order chi connectivity index (χ1) is 15.3. The lowest BCUT2D eigenvalue weighted by Gasteiger charge is -2.34. The van der Waals surface area contributed by atoms with E-state index in [-0.39, 0.29) is 35.1 Å². The van der Waals surface area contributed by atoms with E-state index in [0.717, 1.165) is 9.83 Å². The Kier molecular flexibility index (Phi) is 6.38. The number of piperazine rings is 1. The quantitative estimate of drug-likeness (QED) is 0.382. The van der Waals surface area contributed by atoms with E-state index in [2.05, 4.69) is 9.88 Å². The van der Waals surface area contributed by atoms with Gasteiger partial charge < -0.3 is 9.80 Å². The Balaban J connectivity index is 1.29. The molecule has 1 aromatic heterocycles. The van der Waals surface area contributed by atoms with Crippen LogP contribution in [0.5, 0.6) is 0 Å². The molecule has 2 heterocycles. The molecule has 9 nitrogen and oxygen atoms in total. The number of benzene rings is 2. The SMILES string of the molecule is O=C(CCCS(=O)(=O)c1ccccc1)N1CCN(c2nc3ccc([N+](=O)[O-])cc3s2)CC1. The molecular formula is C21H22N4O5S2. The lowest BCUT2D eigenvalue weighted by Crippen LogP contribution is -2.48. The molecule has 0 saturated carbocycles. The highest BCUT2D eigenvalue weighted by atomic mass is 32.2. The zero-order valence-electron chi connectivity index (χ0n) is 17.2. The van der Waals surface area contributed by atoms with Crippen LogP contribution in [-0.4, -0.2) is 61.1 Å². The summed E-state index contributed by atoms with van der Waals surface area (Å²) in [5.74, 6) is -0.103. The Hall–Kier alpha value is -3.05. The van der Waals surface area contributed by atoms with Crippen molar-refractivity contribution in [3.05, 3.63) is 58.6 Å². The second-order valence-electron chi connectivity index (χ2n) is 7.51. The van der Waals surface area contributed by atoms with Crippen molar-refractivity contribution < 1.29 is 18.1 Å². The van der Waals surface area contributed by atoms with Crippen LogP contribution in [0.15, 0.2) is 53.4 Å². The number of non-ortho nitro benzene ring substituents is 1. The number of sulfone groups is 1. The minimum Gasteiger partial charge on any atom is -0.345 e. The fraction of sp³-hybridized carbons (Fsp3) is 0.333. The average molecular weight is 475 g/mol. The van der Waals surface area contributed by atoms with Gasteiger partial charge in [0.25, 0.3) is 5.69 Å². The van der Waals surface area contributed by atoms with Gasteiger partial charge in [-0.05, 0) is 24.6 Å². The molecule has 0 unspecified atom stereocenters. The van der Waals surface area contributed by atoms with E-state index in [1.54, 1.807) is 41.3 Å². The number of amides is 1. The largest absolute Gasteiger partial charge is 0.345 e. The first-order valence-corrected chi connectivity index (χ1v) is 12.7. The second-order valence-corrected chi connectivity index (χ2v) is 10.6. The molecule has 4 rings (SSSR count). The maximum absolute atomic E-state index is 12.5. The van der Waals surface area contributed by atoms with Gasteiger partial charge in [0.15, 0.2) is 15.0 Å². The van der Waals surface area contributed by atoms with Crippen molar-refractivity contribution in [1.29, 1.82) is 0 Å². The molecule has 1 aliphatic rings. The molecule has 0 spiro atoms.